The summed E-state index contributed by atoms with van der Waals surface area (Å²) in [4.78, 5) is 41.2. The summed E-state index contributed by atoms with van der Waals surface area (Å²) in [6, 6.07) is 12.6. The Bertz CT molecular complexity index is 1350. The Morgan fingerprint density at radius 3 is 2.65 bits per heavy atom. The van der Waals surface area contributed by atoms with Crippen LogP contribution in [-0.2, 0) is 12.8 Å². The first-order valence-corrected chi connectivity index (χ1v) is 13.6. The van der Waals surface area contributed by atoms with Crippen LogP contribution in [0.2, 0.25) is 0 Å². The van der Waals surface area contributed by atoms with Crippen molar-refractivity contribution >= 4 is 52.4 Å². The molecule has 0 bridgehead atoms. The molecule has 0 aliphatic carbocycles. The first-order valence-electron chi connectivity index (χ1n) is 12.0. The molecule has 2 aliphatic heterocycles. The second-order valence-electron chi connectivity index (χ2n) is 8.90. The maximum atomic E-state index is 13.8. The molecule has 3 aromatic rings. The first-order chi connectivity index (χ1) is 18.0. The standard InChI is InChI=1S/C27H27ClN6O2S/c1-37-22-7-5-19(6-8-22)32-27(36)33-20-4-2-17-12-25(24-9-3-18(28)14-30-24)34(26(35)23(17)13-20)11-10-21-15-29-16-31-21/h2,4-8,13-16,25H,3,9-12H2,1H3,(H,29,31)(H2,32,33,36). The van der Waals surface area contributed by atoms with E-state index in [-0.39, 0.29) is 18.0 Å². The summed E-state index contributed by atoms with van der Waals surface area (Å²) >= 11 is 7.78. The van der Waals surface area contributed by atoms with Gasteiger partial charge >= 0.3 is 6.03 Å². The lowest BCUT2D eigenvalue weighted by atomic mass is 9.88. The van der Waals surface area contributed by atoms with Gasteiger partial charge in [0.2, 0.25) is 0 Å². The second-order valence-corrected chi connectivity index (χ2v) is 10.3. The summed E-state index contributed by atoms with van der Waals surface area (Å²) in [7, 11) is 0. The largest absolute Gasteiger partial charge is 0.351 e. The number of amides is 3. The van der Waals surface area contributed by atoms with E-state index in [2.05, 4.69) is 25.6 Å². The Kier molecular flexibility index (Phi) is 7.62. The summed E-state index contributed by atoms with van der Waals surface area (Å²) in [5, 5.41) is 6.41. The number of nitrogens with zero attached hydrogens (tertiary/aromatic N) is 3. The van der Waals surface area contributed by atoms with Gasteiger partial charge in [-0.25, -0.2) is 9.78 Å². The number of fused-ring (bicyclic) bond motifs is 1. The number of carbonyl (C=O) groups is 2. The monoisotopic (exact) mass is 534 g/mol. The van der Waals surface area contributed by atoms with Crippen molar-refractivity contribution in [1.29, 1.82) is 0 Å². The molecule has 1 unspecified atom stereocenters. The summed E-state index contributed by atoms with van der Waals surface area (Å²) in [5.74, 6) is -0.0816. The van der Waals surface area contributed by atoms with Gasteiger partial charge < -0.3 is 20.5 Å². The maximum Gasteiger partial charge on any atom is 0.323 e. The molecule has 0 radical (unpaired) electrons. The molecule has 2 aliphatic rings. The number of urea groups is 1. The Labute approximate surface area is 224 Å². The molecule has 3 heterocycles. The Morgan fingerprint density at radius 2 is 1.95 bits per heavy atom. The average molecular weight is 535 g/mol. The fourth-order valence-corrected chi connectivity index (χ4v) is 5.17. The van der Waals surface area contributed by atoms with Gasteiger partial charge in [-0.2, -0.15) is 0 Å². The highest BCUT2D eigenvalue weighted by Gasteiger charge is 2.35. The van der Waals surface area contributed by atoms with Crippen LogP contribution in [0.3, 0.4) is 0 Å². The summed E-state index contributed by atoms with van der Waals surface area (Å²) < 4.78 is 0. The van der Waals surface area contributed by atoms with Gasteiger partial charge in [-0.15, -0.1) is 11.8 Å². The molecular formula is C27H27ClN6O2S. The van der Waals surface area contributed by atoms with Crippen molar-refractivity contribution in [3.63, 3.8) is 0 Å². The van der Waals surface area contributed by atoms with Crippen LogP contribution in [0.25, 0.3) is 0 Å². The minimum Gasteiger partial charge on any atom is -0.351 e. The van der Waals surface area contributed by atoms with Crippen LogP contribution in [0.1, 0.15) is 34.5 Å². The number of aromatic nitrogens is 2. The average Bonchev–Trinajstić information content (AvgIpc) is 3.43. The molecule has 190 valence electrons. The van der Waals surface area contributed by atoms with E-state index in [4.69, 9.17) is 11.6 Å². The van der Waals surface area contributed by atoms with Crippen molar-refractivity contribution in [2.24, 2.45) is 4.99 Å². The highest BCUT2D eigenvalue weighted by Crippen LogP contribution is 2.30. The quantitative estimate of drug-likeness (QED) is 0.338. The fourth-order valence-electron chi connectivity index (χ4n) is 4.61. The number of benzene rings is 2. The van der Waals surface area contributed by atoms with Crippen LogP contribution in [0.5, 0.6) is 0 Å². The smallest absolute Gasteiger partial charge is 0.323 e. The normalized spacial score (nSPS) is 17.1. The van der Waals surface area contributed by atoms with Gasteiger partial charge in [-0.3, -0.25) is 9.79 Å². The molecular weight excluding hydrogens is 508 g/mol. The van der Waals surface area contributed by atoms with E-state index in [9.17, 15) is 9.59 Å². The lowest BCUT2D eigenvalue weighted by Crippen LogP contribution is -2.51. The second kappa shape index (κ2) is 11.2. The zero-order valence-electron chi connectivity index (χ0n) is 20.3. The molecule has 1 atom stereocenters. The van der Waals surface area contributed by atoms with E-state index < -0.39 is 0 Å². The number of allylic oxidation sites excluding steroid dienone is 1. The van der Waals surface area contributed by atoms with Gasteiger partial charge in [0.15, 0.2) is 0 Å². The van der Waals surface area contributed by atoms with Gasteiger partial charge in [-0.1, -0.05) is 17.7 Å². The van der Waals surface area contributed by atoms with Gasteiger partial charge in [0.05, 0.1) is 18.1 Å². The number of rotatable bonds is 7. The lowest BCUT2D eigenvalue weighted by Gasteiger charge is -2.38. The summed E-state index contributed by atoms with van der Waals surface area (Å²) in [6.07, 6.45) is 9.89. The Hall–Kier alpha value is -3.56. The van der Waals surface area contributed by atoms with Gasteiger partial charge in [0.25, 0.3) is 5.91 Å². The third-order valence-electron chi connectivity index (χ3n) is 6.54. The fraction of sp³-hybridized carbons (Fsp3) is 0.259. The van der Waals surface area contributed by atoms with Crippen molar-refractivity contribution in [2.45, 2.75) is 36.6 Å². The molecule has 0 spiro atoms. The number of carbonyl (C=O) groups excluding carboxylic acids is 2. The van der Waals surface area contributed by atoms with Crippen molar-refractivity contribution < 1.29 is 9.59 Å². The van der Waals surface area contributed by atoms with Crippen molar-refractivity contribution in [3.05, 3.63) is 83.0 Å². The van der Waals surface area contributed by atoms with E-state index in [0.29, 0.717) is 36.3 Å². The Morgan fingerprint density at radius 1 is 1.16 bits per heavy atom. The number of nitrogens with one attached hydrogen (secondary N) is 3. The van der Waals surface area contributed by atoms with Gasteiger partial charge in [-0.05, 0) is 67.5 Å². The SMILES string of the molecule is CSc1ccc(NC(=O)Nc2ccc3c(c2)C(=O)N(CCc2c[nH]cn2)C(C2=NC=C(Cl)CC2)C3)cc1. The number of imidazole rings is 1. The highest BCUT2D eigenvalue weighted by atomic mass is 35.5. The molecule has 3 N–H and O–H groups in total. The van der Waals surface area contributed by atoms with Crippen LogP contribution >= 0.6 is 23.4 Å². The number of anilines is 2. The molecule has 2 aromatic carbocycles. The molecule has 8 nitrogen and oxygen atoms in total. The van der Waals surface area contributed by atoms with Gasteiger partial charge in [0, 0.05) is 57.9 Å². The zero-order chi connectivity index (χ0) is 25.8. The molecule has 5 rings (SSSR count). The molecule has 1 aromatic heterocycles. The molecule has 3 amide bonds. The minimum atomic E-state index is -0.367. The van der Waals surface area contributed by atoms with Crippen LogP contribution in [0.4, 0.5) is 16.2 Å². The maximum absolute atomic E-state index is 13.8. The van der Waals surface area contributed by atoms with Crippen molar-refractivity contribution in [1.82, 2.24) is 14.9 Å². The molecule has 0 saturated heterocycles. The molecule has 10 heteroatoms. The number of H-pyrrole nitrogens is 1. The number of hydrogen-bond donors (Lipinski definition) is 3. The van der Waals surface area contributed by atoms with E-state index >= 15 is 0 Å². The third-order valence-corrected chi connectivity index (χ3v) is 7.57. The Balaban J connectivity index is 1.35. The van der Waals surface area contributed by atoms with Crippen molar-refractivity contribution in [3.8, 4) is 0 Å². The van der Waals surface area contributed by atoms with Crippen LogP contribution in [0.15, 0.2) is 76.1 Å². The summed E-state index contributed by atoms with van der Waals surface area (Å²) in [5.41, 5.74) is 4.63. The van der Waals surface area contributed by atoms with Crippen LogP contribution in [0, 0.1) is 0 Å². The first kappa shape index (κ1) is 25.1. The number of aromatic amines is 1. The molecule has 37 heavy (non-hydrogen) atoms. The van der Waals surface area contributed by atoms with E-state index in [1.807, 2.05) is 53.8 Å². The number of thioether (sulfide) groups is 1. The van der Waals surface area contributed by atoms with E-state index in [1.54, 1.807) is 30.4 Å². The lowest BCUT2D eigenvalue weighted by molar-refractivity contribution is 0.0703. The number of hydrogen-bond acceptors (Lipinski definition) is 5. The summed E-state index contributed by atoms with van der Waals surface area (Å²) in [6.45, 7) is 0.508. The highest BCUT2D eigenvalue weighted by molar-refractivity contribution is 7.98. The predicted molar refractivity (Wildman–Crippen MR) is 149 cm³/mol. The molecule has 0 saturated carbocycles. The third kappa shape index (κ3) is 5.89. The number of aliphatic imine (C=N–C) groups is 1. The predicted octanol–water partition coefficient (Wildman–Crippen LogP) is 5.70. The molecule has 0 fully saturated rings. The van der Waals surface area contributed by atoms with Crippen LogP contribution in [-0.4, -0.2) is 51.4 Å². The van der Waals surface area contributed by atoms with E-state index in [0.717, 1.165) is 39.7 Å². The minimum absolute atomic E-state index is 0.0816. The van der Waals surface area contributed by atoms with Crippen LogP contribution < -0.4 is 10.6 Å². The van der Waals surface area contributed by atoms with Crippen molar-refractivity contribution in [2.75, 3.05) is 23.4 Å². The van der Waals surface area contributed by atoms with E-state index in [1.165, 1.54) is 0 Å². The van der Waals surface area contributed by atoms with Gasteiger partial charge in [0.1, 0.15) is 0 Å². The topological polar surface area (TPSA) is 102 Å². The zero-order valence-corrected chi connectivity index (χ0v) is 21.9. The number of halogens is 1.